The van der Waals surface area contributed by atoms with Crippen LogP contribution in [0.3, 0.4) is 0 Å². The molecule has 1 amide bonds. The Kier molecular flexibility index (Phi) is 5.21. The summed E-state index contributed by atoms with van der Waals surface area (Å²) in [6.07, 6.45) is 1.48. The van der Waals surface area contributed by atoms with Crippen molar-refractivity contribution < 1.29 is 18.1 Å². The molecule has 0 atom stereocenters. The maximum atomic E-state index is 13.8. The molecule has 0 bridgehead atoms. The Morgan fingerprint density at radius 3 is 2.79 bits per heavy atom. The highest BCUT2D eigenvalue weighted by Crippen LogP contribution is 2.25. The van der Waals surface area contributed by atoms with Crippen molar-refractivity contribution in [2.24, 2.45) is 0 Å². The minimum atomic E-state index is -0.805. The van der Waals surface area contributed by atoms with E-state index in [9.17, 15) is 18.4 Å². The Morgan fingerprint density at radius 2 is 1.97 bits per heavy atom. The molecule has 0 unspecified atom stereocenters. The van der Waals surface area contributed by atoms with Gasteiger partial charge in [0.1, 0.15) is 18.2 Å². The lowest BCUT2D eigenvalue weighted by Gasteiger charge is -2.05. The van der Waals surface area contributed by atoms with Crippen molar-refractivity contribution >= 4 is 17.2 Å². The first-order valence-corrected chi connectivity index (χ1v) is 10.1. The fourth-order valence-corrected chi connectivity index (χ4v) is 3.46. The molecule has 0 aliphatic rings. The second kappa shape index (κ2) is 8.35. The van der Waals surface area contributed by atoms with Gasteiger partial charge < -0.3 is 9.84 Å². The summed E-state index contributed by atoms with van der Waals surface area (Å²) in [4.78, 5) is 29.6. The number of carbonyl (C=O) groups excluding carboxylic acids is 1. The van der Waals surface area contributed by atoms with Crippen LogP contribution in [0.4, 0.5) is 14.5 Å². The number of amides is 1. The molecule has 0 fully saturated rings. The summed E-state index contributed by atoms with van der Waals surface area (Å²) < 4.78 is 34.7. The number of pyridine rings is 1. The summed E-state index contributed by atoms with van der Waals surface area (Å²) in [7, 11) is 0. The molecule has 2 aromatic carbocycles. The minimum Gasteiger partial charge on any atom is -0.333 e. The van der Waals surface area contributed by atoms with Gasteiger partial charge in [0.05, 0.1) is 11.3 Å². The standard InChI is InChI=1S/C23H16F2N6O3/c1-13-4-2-5-14(10-13)20-27-22(34-29-20)16-6-3-9-30-21(16)28-31(23(30)33)12-19(32)26-18-11-15(24)7-8-17(18)25/h2-11H,12H2,1H3,(H,26,32). The minimum absolute atomic E-state index is 0.144. The van der Waals surface area contributed by atoms with Gasteiger partial charge in [0, 0.05) is 17.8 Å². The van der Waals surface area contributed by atoms with Gasteiger partial charge in [-0.15, -0.1) is 5.10 Å². The molecule has 0 radical (unpaired) electrons. The van der Waals surface area contributed by atoms with E-state index in [0.717, 1.165) is 34.0 Å². The van der Waals surface area contributed by atoms with E-state index >= 15 is 0 Å². The number of nitrogens with one attached hydrogen (secondary N) is 1. The Morgan fingerprint density at radius 1 is 1.12 bits per heavy atom. The molecule has 34 heavy (non-hydrogen) atoms. The molecular formula is C23H16F2N6O3. The lowest BCUT2D eigenvalue weighted by Crippen LogP contribution is -2.28. The number of fused-ring (bicyclic) bond motifs is 1. The lowest BCUT2D eigenvalue weighted by atomic mass is 10.1. The summed E-state index contributed by atoms with van der Waals surface area (Å²) in [6.45, 7) is 1.43. The van der Waals surface area contributed by atoms with E-state index in [4.69, 9.17) is 4.52 Å². The third kappa shape index (κ3) is 3.94. The molecular weight excluding hydrogens is 446 g/mol. The van der Waals surface area contributed by atoms with Crippen molar-refractivity contribution in [3.05, 3.63) is 88.5 Å². The maximum Gasteiger partial charge on any atom is 0.350 e. The largest absolute Gasteiger partial charge is 0.350 e. The average Bonchev–Trinajstić information content (AvgIpc) is 3.42. The Hall–Kier alpha value is -4.67. The predicted molar refractivity (Wildman–Crippen MR) is 118 cm³/mol. The van der Waals surface area contributed by atoms with Crippen LogP contribution >= 0.6 is 0 Å². The van der Waals surface area contributed by atoms with E-state index in [2.05, 4.69) is 20.6 Å². The SMILES string of the molecule is Cc1cccc(-c2noc(-c3cccn4c(=O)n(CC(=O)Nc5cc(F)ccc5F)nc34)n2)c1. The van der Waals surface area contributed by atoms with Crippen LogP contribution in [0.5, 0.6) is 0 Å². The van der Waals surface area contributed by atoms with Crippen LogP contribution in [-0.2, 0) is 11.3 Å². The Balaban J connectivity index is 1.46. The smallest absolute Gasteiger partial charge is 0.333 e. The molecule has 0 aliphatic heterocycles. The van der Waals surface area contributed by atoms with E-state index < -0.39 is 29.8 Å². The van der Waals surface area contributed by atoms with Crippen LogP contribution in [0.1, 0.15) is 5.56 Å². The van der Waals surface area contributed by atoms with Crippen molar-refractivity contribution in [1.82, 2.24) is 24.3 Å². The average molecular weight is 462 g/mol. The van der Waals surface area contributed by atoms with Crippen LogP contribution in [0.15, 0.2) is 70.1 Å². The molecule has 9 nitrogen and oxygen atoms in total. The number of anilines is 1. The number of aryl methyl sites for hydroxylation is 1. The van der Waals surface area contributed by atoms with Gasteiger partial charge in [-0.2, -0.15) is 4.98 Å². The van der Waals surface area contributed by atoms with E-state index in [1.54, 1.807) is 12.1 Å². The fourth-order valence-electron chi connectivity index (χ4n) is 3.46. The maximum absolute atomic E-state index is 13.8. The first kappa shape index (κ1) is 21.2. The zero-order valence-corrected chi connectivity index (χ0v) is 17.7. The van der Waals surface area contributed by atoms with E-state index in [-0.39, 0.29) is 17.2 Å². The molecule has 11 heteroatoms. The lowest BCUT2D eigenvalue weighted by molar-refractivity contribution is -0.117. The highest BCUT2D eigenvalue weighted by Gasteiger charge is 2.19. The zero-order chi connectivity index (χ0) is 23.8. The monoisotopic (exact) mass is 462 g/mol. The van der Waals surface area contributed by atoms with Crippen molar-refractivity contribution in [3.8, 4) is 22.8 Å². The van der Waals surface area contributed by atoms with Gasteiger partial charge in [0.15, 0.2) is 5.65 Å². The zero-order valence-electron chi connectivity index (χ0n) is 17.7. The number of halogens is 2. The summed E-state index contributed by atoms with van der Waals surface area (Å²) in [5.41, 5.74) is 1.44. The number of nitrogens with zero attached hydrogens (tertiary/aromatic N) is 5. The van der Waals surface area contributed by atoms with Crippen molar-refractivity contribution in [3.63, 3.8) is 0 Å². The number of carbonyl (C=O) groups is 1. The van der Waals surface area contributed by atoms with Crippen LogP contribution in [0, 0.1) is 18.6 Å². The number of hydrogen-bond donors (Lipinski definition) is 1. The van der Waals surface area contributed by atoms with Crippen LogP contribution in [-0.4, -0.2) is 30.2 Å². The highest BCUT2D eigenvalue weighted by atomic mass is 19.1. The van der Waals surface area contributed by atoms with Crippen molar-refractivity contribution in [1.29, 1.82) is 0 Å². The number of hydrogen-bond acceptors (Lipinski definition) is 6. The van der Waals surface area contributed by atoms with Crippen LogP contribution in [0.25, 0.3) is 28.5 Å². The third-order valence-electron chi connectivity index (χ3n) is 5.04. The molecule has 170 valence electrons. The molecule has 1 N–H and O–H groups in total. The molecule has 0 saturated heterocycles. The molecule has 3 heterocycles. The Bertz CT molecular complexity index is 1600. The van der Waals surface area contributed by atoms with Crippen molar-refractivity contribution in [2.45, 2.75) is 13.5 Å². The van der Waals surface area contributed by atoms with Crippen LogP contribution in [0.2, 0.25) is 0 Å². The summed E-state index contributed by atoms with van der Waals surface area (Å²) in [6, 6.07) is 13.5. The van der Waals surface area contributed by atoms with E-state index in [1.807, 2.05) is 31.2 Å². The van der Waals surface area contributed by atoms with Crippen LogP contribution < -0.4 is 11.0 Å². The van der Waals surface area contributed by atoms with Gasteiger partial charge in [0.25, 0.3) is 5.89 Å². The van der Waals surface area contributed by atoms with E-state index in [1.165, 1.54) is 10.6 Å². The van der Waals surface area contributed by atoms with Gasteiger partial charge in [0.2, 0.25) is 11.7 Å². The molecule has 5 rings (SSSR count). The normalized spacial score (nSPS) is 11.1. The first-order chi connectivity index (χ1) is 16.4. The van der Waals surface area contributed by atoms with Gasteiger partial charge in [-0.05, 0) is 37.3 Å². The fraction of sp³-hybridized carbons (Fsp3) is 0.0870. The summed E-state index contributed by atoms with van der Waals surface area (Å²) in [5.74, 6) is -1.75. The number of aromatic nitrogens is 5. The number of benzene rings is 2. The molecule has 3 aromatic heterocycles. The molecule has 5 aromatic rings. The summed E-state index contributed by atoms with van der Waals surface area (Å²) >= 11 is 0. The van der Waals surface area contributed by atoms with Gasteiger partial charge in [-0.1, -0.05) is 28.9 Å². The predicted octanol–water partition coefficient (Wildman–Crippen LogP) is 3.44. The first-order valence-electron chi connectivity index (χ1n) is 10.1. The van der Waals surface area contributed by atoms with E-state index in [0.29, 0.717) is 11.4 Å². The van der Waals surface area contributed by atoms with Gasteiger partial charge in [-0.25, -0.2) is 22.7 Å². The van der Waals surface area contributed by atoms with Gasteiger partial charge in [-0.3, -0.25) is 4.79 Å². The quantitative estimate of drug-likeness (QED) is 0.429. The molecule has 0 spiro atoms. The number of rotatable bonds is 5. The highest BCUT2D eigenvalue weighted by molar-refractivity contribution is 5.90. The molecule has 0 aliphatic carbocycles. The van der Waals surface area contributed by atoms with Gasteiger partial charge >= 0.3 is 5.69 Å². The Labute approximate surface area is 190 Å². The third-order valence-corrected chi connectivity index (χ3v) is 5.04. The molecule has 0 saturated carbocycles. The summed E-state index contributed by atoms with van der Waals surface area (Å²) in [5, 5.41) is 10.5. The van der Waals surface area contributed by atoms with Crippen molar-refractivity contribution in [2.75, 3.05) is 5.32 Å². The second-order valence-electron chi connectivity index (χ2n) is 7.52. The topological polar surface area (TPSA) is 107 Å². The second-order valence-corrected chi connectivity index (χ2v) is 7.52.